The minimum Gasteiger partial charge on any atom is -0.399 e. The molecule has 0 saturated carbocycles. The summed E-state index contributed by atoms with van der Waals surface area (Å²) in [7, 11) is 0. The molecule has 1 aromatic rings. The van der Waals surface area contributed by atoms with Crippen molar-refractivity contribution < 1.29 is 0 Å². The second kappa shape index (κ2) is 3.79. The van der Waals surface area contributed by atoms with Crippen molar-refractivity contribution in [2.24, 2.45) is 11.7 Å². The topological polar surface area (TPSA) is 52.0 Å². The van der Waals surface area contributed by atoms with Crippen molar-refractivity contribution in [3.63, 3.8) is 0 Å². The Morgan fingerprint density at radius 1 is 1.15 bits per heavy atom. The van der Waals surface area contributed by atoms with Crippen LogP contribution in [0.25, 0.3) is 0 Å². The van der Waals surface area contributed by atoms with Gasteiger partial charge >= 0.3 is 0 Å². The maximum atomic E-state index is 6.02. The summed E-state index contributed by atoms with van der Waals surface area (Å²) in [5.41, 5.74) is 14.9. The minimum absolute atomic E-state index is 0.0854. The smallest absolute Gasteiger partial charge is 0.0320 e. The fourth-order valence-corrected chi connectivity index (χ4v) is 1.42. The molecule has 0 aliphatic heterocycles. The summed E-state index contributed by atoms with van der Waals surface area (Å²) >= 11 is 0. The molecule has 1 rings (SSSR count). The van der Waals surface area contributed by atoms with Gasteiger partial charge in [-0.3, -0.25) is 0 Å². The normalized spacial score (nSPS) is 13.3. The number of anilines is 1. The van der Waals surface area contributed by atoms with E-state index in [2.05, 4.69) is 19.9 Å². The lowest BCUT2D eigenvalue weighted by Crippen LogP contribution is -2.16. The Morgan fingerprint density at radius 3 is 2.23 bits per heavy atom. The Morgan fingerprint density at radius 2 is 1.77 bits per heavy atom. The Bertz CT molecular complexity index is 272. The molecule has 0 aliphatic rings. The van der Waals surface area contributed by atoms with Gasteiger partial charge in [0, 0.05) is 11.7 Å². The van der Waals surface area contributed by atoms with Gasteiger partial charge in [-0.1, -0.05) is 19.9 Å². The highest BCUT2D eigenvalue weighted by Crippen LogP contribution is 2.22. The van der Waals surface area contributed by atoms with Crippen LogP contribution in [0.5, 0.6) is 0 Å². The molecule has 0 saturated heterocycles. The first-order valence-electron chi connectivity index (χ1n) is 4.63. The first-order valence-corrected chi connectivity index (χ1v) is 4.63. The van der Waals surface area contributed by atoms with E-state index < -0.39 is 0 Å². The van der Waals surface area contributed by atoms with Crippen molar-refractivity contribution >= 4 is 5.69 Å². The second-order valence-corrected chi connectivity index (χ2v) is 3.95. The molecule has 1 atom stereocenters. The van der Waals surface area contributed by atoms with Crippen LogP contribution in [0.4, 0.5) is 5.69 Å². The van der Waals surface area contributed by atoms with E-state index >= 15 is 0 Å². The molecule has 0 aromatic heterocycles. The number of nitrogen functional groups attached to an aromatic ring is 1. The van der Waals surface area contributed by atoms with Crippen molar-refractivity contribution in [3.05, 3.63) is 29.3 Å². The van der Waals surface area contributed by atoms with Gasteiger partial charge in [0.25, 0.3) is 0 Å². The highest BCUT2D eigenvalue weighted by atomic mass is 14.6. The van der Waals surface area contributed by atoms with Crippen LogP contribution in [0, 0.1) is 12.8 Å². The third-order valence-electron chi connectivity index (χ3n) is 2.23. The summed E-state index contributed by atoms with van der Waals surface area (Å²) < 4.78 is 0. The summed E-state index contributed by atoms with van der Waals surface area (Å²) in [5, 5.41) is 0. The zero-order chi connectivity index (χ0) is 10.0. The van der Waals surface area contributed by atoms with E-state index in [-0.39, 0.29) is 6.04 Å². The van der Waals surface area contributed by atoms with E-state index in [4.69, 9.17) is 11.5 Å². The number of rotatable bonds is 2. The van der Waals surface area contributed by atoms with Gasteiger partial charge in [0.05, 0.1) is 0 Å². The third kappa shape index (κ3) is 2.46. The van der Waals surface area contributed by atoms with Crippen molar-refractivity contribution in [3.8, 4) is 0 Å². The van der Waals surface area contributed by atoms with Gasteiger partial charge in [0.2, 0.25) is 0 Å². The molecule has 0 fully saturated rings. The van der Waals surface area contributed by atoms with Gasteiger partial charge in [-0.2, -0.15) is 0 Å². The first kappa shape index (κ1) is 10.1. The molecule has 2 nitrogen and oxygen atoms in total. The summed E-state index contributed by atoms with van der Waals surface area (Å²) in [6.07, 6.45) is 0. The molecule has 0 radical (unpaired) electrons. The zero-order valence-electron chi connectivity index (χ0n) is 8.54. The lowest BCUT2D eigenvalue weighted by atomic mass is 9.95. The van der Waals surface area contributed by atoms with Crippen molar-refractivity contribution in [2.75, 3.05) is 5.73 Å². The first-order chi connectivity index (χ1) is 6.00. The summed E-state index contributed by atoms with van der Waals surface area (Å²) in [4.78, 5) is 0. The quantitative estimate of drug-likeness (QED) is 0.682. The van der Waals surface area contributed by atoms with Gasteiger partial charge < -0.3 is 11.5 Å². The largest absolute Gasteiger partial charge is 0.399 e. The van der Waals surface area contributed by atoms with Gasteiger partial charge in [-0.25, -0.2) is 0 Å². The van der Waals surface area contributed by atoms with Crippen LogP contribution >= 0.6 is 0 Å². The summed E-state index contributed by atoms with van der Waals surface area (Å²) in [6, 6.07) is 6.09. The second-order valence-electron chi connectivity index (χ2n) is 3.95. The van der Waals surface area contributed by atoms with Crippen LogP contribution in [0.2, 0.25) is 0 Å². The van der Waals surface area contributed by atoms with Crippen molar-refractivity contribution in [2.45, 2.75) is 26.8 Å². The molecule has 0 aliphatic carbocycles. The zero-order valence-corrected chi connectivity index (χ0v) is 8.54. The van der Waals surface area contributed by atoms with Crippen LogP contribution in [0.3, 0.4) is 0 Å². The van der Waals surface area contributed by atoms with Crippen LogP contribution in [-0.4, -0.2) is 0 Å². The van der Waals surface area contributed by atoms with Gasteiger partial charge in [-0.15, -0.1) is 0 Å². The molecule has 2 heteroatoms. The van der Waals surface area contributed by atoms with Crippen LogP contribution in [0.15, 0.2) is 18.2 Å². The SMILES string of the molecule is Cc1cc(N)cc([C@@H](N)C(C)C)c1. The van der Waals surface area contributed by atoms with Gasteiger partial charge in [-0.05, 0) is 36.1 Å². The summed E-state index contributed by atoms with van der Waals surface area (Å²) in [5.74, 6) is 0.446. The number of nitrogens with two attached hydrogens (primary N) is 2. The van der Waals surface area contributed by atoms with E-state index in [9.17, 15) is 0 Å². The predicted octanol–water partition coefficient (Wildman–Crippen LogP) is 2.23. The lowest BCUT2D eigenvalue weighted by molar-refractivity contribution is 0.514. The fraction of sp³-hybridized carbons (Fsp3) is 0.455. The van der Waals surface area contributed by atoms with Gasteiger partial charge in [0.15, 0.2) is 0 Å². The van der Waals surface area contributed by atoms with Crippen LogP contribution in [0.1, 0.15) is 31.0 Å². The third-order valence-corrected chi connectivity index (χ3v) is 2.23. The Balaban J connectivity index is 3.01. The molecule has 0 spiro atoms. The van der Waals surface area contributed by atoms with Crippen molar-refractivity contribution in [1.82, 2.24) is 0 Å². The fourth-order valence-electron chi connectivity index (χ4n) is 1.42. The Labute approximate surface area is 79.9 Å². The van der Waals surface area contributed by atoms with Crippen LogP contribution < -0.4 is 11.5 Å². The van der Waals surface area contributed by atoms with E-state index in [0.29, 0.717) is 5.92 Å². The van der Waals surface area contributed by atoms with E-state index in [1.54, 1.807) is 0 Å². The highest BCUT2D eigenvalue weighted by Gasteiger charge is 2.10. The molecule has 0 bridgehead atoms. The number of benzene rings is 1. The van der Waals surface area contributed by atoms with E-state index in [0.717, 1.165) is 11.3 Å². The molecule has 72 valence electrons. The molecule has 0 unspecified atom stereocenters. The Hall–Kier alpha value is -1.02. The predicted molar refractivity (Wildman–Crippen MR) is 57.4 cm³/mol. The molecule has 13 heavy (non-hydrogen) atoms. The standard InChI is InChI=1S/C11H18N2/c1-7(2)11(13)9-4-8(3)5-10(12)6-9/h4-7,11H,12-13H2,1-3H3/t11-/m0/s1. The number of hydrogen-bond acceptors (Lipinski definition) is 2. The highest BCUT2D eigenvalue weighted by molar-refractivity contribution is 5.45. The average Bonchev–Trinajstić information content (AvgIpc) is 2.01. The van der Waals surface area contributed by atoms with Gasteiger partial charge in [0.1, 0.15) is 0 Å². The molecular formula is C11H18N2. The van der Waals surface area contributed by atoms with E-state index in [1.807, 2.05) is 19.1 Å². The minimum atomic E-state index is 0.0854. The summed E-state index contributed by atoms with van der Waals surface area (Å²) in [6.45, 7) is 6.26. The van der Waals surface area contributed by atoms with Crippen LogP contribution in [-0.2, 0) is 0 Å². The average molecular weight is 178 g/mol. The Kier molecular flexibility index (Phi) is 2.94. The maximum Gasteiger partial charge on any atom is 0.0320 e. The molecule has 1 aromatic carbocycles. The number of aryl methyl sites for hydroxylation is 1. The monoisotopic (exact) mass is 178 g/mol. The van der Waals surface area contributed by atoms with E-state index in [1.165, 1.54) is 5.56 Å². The molecule has 0 amide bonds. The maximum absolute atomic E-state index is 6.02. The molecule has 4 N–H and O–H groups in total. The van der Waals surface area contributed by atoms with Crippen molar-refractivity contribution in [1.29, 1.82) is 0 Å². The number of hydrogen-bond donors (Lipinski definition) is 2. The lowest BCUT2D eigenvalue weighted by Gasteiger charge is -2.17. The molecule has 0 heterocycles. The molecular weight excluding hydrogens is 160 g/mol.